The maximum absolute atomic E-state index is 13.9. The van der Waals surface area contributed by atoms with Crippen LogP contribution in [0.3, 0.4) is 0 Å². The molecule has 1 heterocycles. The quantitative estimate of drug-likeness (QED) is 0.425. The van der Waals surface area contributed by atoms with Crippen molar-refractivity contribution < 1.29 is 31.9 Å². The van der Waals surface area contributed by atoms with Crippen molar-refractivity contribution in [3.8, 4) is 0 Å². The van der Waals surface area contributed by atoms with Crippen LogP contribution < -0.4 is 10.6 Å². The van der Waals surface area contributed by atoms with Crippen LogP contribution in [-0.4, -0.2) is 35.3 Å². The summed E-state index contributed by atoms with van der Waals surface area (Å²) in [7, 11) is 0. The molecule has 1 unspecified atom stereocenters. The summed E-state index contributed by atoms with van der Waals surface area (Å²) in [5.41, 5.74) is -3.43. The van der Waals surface area contributed by atoms with E-state index in [1.807, 2.05) is 5.32 Å². The standard InChI is InChI=1S/C18H17F4N3O3/c1-2-28-16(27)17(18(20,21)22,24-10-12-5-7-14(19)8-6-12)25-15(26)13-4-3-9-23-11-13/h3-9,11,24H,2,10H2,1H3,(H,25,26). The summed E-state index contributed by atoms with van der Waals surface area (Å²) in [6.07, 6.45) is -2.84. The van der Waals surface area contributed by atoms with Crippen molar-refractivity contribution in [2.75, 3.05) is 6.61 Å². The number of alkyl halides is 3. The number of esters is 1. The van der Waals surface area contributed by atoms with E-state index in [2.05, 4.69) is 9.72 Å². The third-order valence-corrected chi connectivity index (χ3v) is 3.70. The van der Waals surface area contributed by atoms with Gasteiger partial charge in [-0.25, -0.2) is 9.18 Å². The van der Waals surface area contributed by atoms with E-state index < -0.39 is 36.1 Å². The number of carbonyl (C=O) groups is 2. The minimum atomic E-state index is -5.24. The molecule has 2 rings (SSSR count). The fourth-order valence-corrected chi connectivity index (χ4v) is 2.27. The molecular weight excluding hydrogens is 382 g/mol. The zero-order chi connectivity index (χ0) is 20.8. The molecule has 0 aliphatic carbocycles. The second kappa shape index (κ2) is 8.79. The summed E-state index contributed by atoms with van der Waals surface area (Å²) in [5.74, 6) is -3.46. The topological polar surface area (TPSA) is 80.3 Å². The molecule has 150 valence electrons. The van der Waals surface area contributed by atoms with Crippen LogP contribution in [0.4, 0.5) is 17.6 Å². The summed E-state index contributed by atoms with van der Waals surface area (Å²) < 4.78 is 59.4. The second-order valence-electron chi connectivity index (χ2n) is 5.64. The Kier molecular flexibility index (Phi) is 6.68. The molecule has 0 radical (unpaired) electrons. The first-order valence-electron chi connectivity index (χ1n) is 8.15. The van der Waals surface area contributed by atoms with Gasteiger partial charge in [0.25, 0.3) is 11.6 Å². The summed E-state index contributed by atoms with van der Waals surface area (Å²) in [6, 6.07) is 7.22. The van der Waals surface area contributed by atoms with E-state index in [0.717, 1.165) is 18.3 Å². The van der Waals surface area contributed by atoms with Crippen molar-refractivity contribution in [2.24, 2.45) is 0 Å². The van der Waals surface area contributed by atoms with Crippen LogP contribution in [0.2, 0.25) is 0 Å². The number of aromatic nitrogens is 1. The third kappa shape index (κ3) is 4.83. The molecule has 1 amide bonds. The van der Waals surface area contributed by atoms with Gasteiger partial charge < -0.3 is 10.1 Å². The minimum absolute atomic E-state index is 0.177. The van der Waals surface area contributed by atoms with Crippen LogP contribution in [-0.2, 0) is 16.1 Å². The normalized spacial score (nSPS) is 13.5. The molecule has 0 spiro atoms. The molecule has 0 bridgehead atoms. The summed E-state index contributed by atoms with van der Waals surface area (Å²) in [4.78, 5) is 28.2. The Hall–Kier alpha value is -3.01. The Morgan fingerprint density at radius 2 is 1.82 bits per heavy atom. The highest BCUT2D eigenvalue weighted by Crippen LogP contribution is 2.30. The Morgan fingerprint density at radius 3 is 2.36 bits per heavy atom. The van der Waals surface area contributed by atoms with Gasteiger partial charge in [0.05, 0.1) is 12.2 Å². The van der Waals surface area contributed by atoms with Crippen molar-refractivity contribution in [3.63, 3.8) is 0 Å². The third-order valence-electron chi connectivity index (χ3n) is 3.70. The molecule has 2 aromatic rings. The van der Waals surface area contributed by atoms with Gasteiger partial charge in [-0.2, -0.15) is 13.2 Å². The summed E-state index contributed by atoms with van der Waals surface area (Å²) >= 11 is 0. The maximum Gasteiger partial charge on any atom is 0.436 e. The van der Waals surface area contributed by atoms with Crippen molar-refractivity contribution >= 4 is 11.9 Å². The molecule has 6 nitrogen and oxygen atoms in total. The number of benzene rings is 1. The molecule has 0 fully saturated rings. The Morgan fingerprint density at radius 1 is 1.14 bits per heavy atom. The monoisotopic (exact) mass is 399 g/mol. The van der Waals surface area contributed by atoms with Crippen LogP contribution >= 0.6 is 0 Å². The number of pyridine rings is 1. The molecular formula is C18H17F4N3O3. The van der Waals surface area contributed by atoms with Crippen molar-refractivity contribution in [3.05, 3.63) is 65.7 Å². The van der Waals surface area contributed by atoms with Crippen molar-refractivity contribution in [1.82, 2.24) is 15.6 Å². The number of ether oxygens (including phenoxy) is 1. The van der Waals surface area contributed by atoms with E-state index in [9.17, 15) is 27.2 Å². The predicted octanol–water partition coefficient (Wildman–Crippen LogP) is 2.56. The molecule has 0 saturated carbocycles. The summed E-state index contributed by atoms with van der Waals surface area (Å²) in [5, 5.41) is 3.71. The number of hydrogen-bond acceptors (Lipinski definition) is 5. The number of nitrogens with zero attached hydrogens (tertiary/aromatic N) is 1. The number of amides is 1. The van der Waals surface area contributed by atoms with Crippen molar-refractivity contribution in [1.29, 1.82) is 0 Å². The molecule has 1 aromatic heterocycles. The van der Waals surface area contributed by atoms with Gasteiger partial charge in [-0.05, 0) is 36.8 Å². The highest BCUT2D eigenvalue weighted by Gasteiger charge is 2.63. The van der Waals surface area contributed by atoms with Gasteiger partial charge in [-0.15, -0.1) is 0 Å². The van der Waals surface area contributed by atoms with Crippen LogP contribution in [0.15, 0.2) is 48.8 Å². The van der Waals surface area contributed by atoms with E-state index >= 15 is 0 Å². The molecule has 1 atom stereocenters. The van der Waals surface area contributed by atoms with Crippen LogP contribution in [0.5, 0.6) is 0 Å². The number of nitrogens with one attached hydrogen (secondary N) is 2. The predicted molar refractivity (Wildman–Crippen MR) is 90.4 cm³/mol. The molecule has 2 N–H and O–H groups in total. The van der Waals surface area contributed by atoms with Crippen LogP contribution in [0.25, 0.3) is 0 Å². The van der Waals surface area contributed by atoms with Gasteiger partial charge in [0, 0.05) is 18.9 Å². The molecule has 1 aromatic carbocycles. The first-order chi connectivity index (χ1) is 13.2. The molecule has 0 aliphatic heterocycles. The first-order valence-corrected chi connectivity index (χ1v) is 8.15. The Labute approximate surface area is 157 Å². The zero-order valence-electron chi connectivity index (χ0n) is 14.7. The minimum Gasteiger partial charge on any atom is -0.463 e. The highest BCUT2D eigenvalue weighted by atomic mass is 19.4. The number of halogens is 4. The highest BCUT2D eigenvalue weighted by molar-refractivity contribution is 5.98. The average Bonchev–Trinajstić information content (AvgIpc) is 2.66. The van der Waals surface area contributed by atoms with E-state index in [-0.39, 0.29) is 17.7 Å². The first kappa shape index (κ1) is 21.3. The zero-order valence-corrected chi connectivity index (χ0v) is 14.7. The number of hydrogen-bond donors (Lipinski definition) is 2. The number of carbonyl (C=O) groups excluding carboxylic acids is 2. The lowest BCUT2D eigenvalue weighted by Gasteiger charge is -2.34. The second-order valence-corrected chi connectivity index (χ2v) is 5.64. The van der Waals surface area contributed by atoms with E-state index in [4.69, 9.17) is 0 Å². The maximum atomic E-state index is 13.9. The van der Waals surface area contributed by atoms with Crippen LogP contribution in [0, 0.1) is 5.82 Å². The Balaban J connectivity index is 2.37. The molecule has 0 saturated heterocycles. The van der Waals surface area contributed by atoms with Gasteiger partial charge >= 0.3 is 12.1 Å². The van der Waals surface area contributed by atoms with Gasteiger partial charge in [0.1, 0.15) is 5.82 Å². The van der Waals surface area contributed by atoms with Gasteiger partial charge in [-0.1, -0.05) is 12.1 Å². The van der Waals surface area contributed by atoms with E-state index in [0.29, 0.717) is 0 Å². The SMILES string of the molecule is CCOC(=O)C(NCc1ccc(F)cc1)(NC(=O)c1cccnc1)C(F)(F)F. The largest absolute Gasteiger partial charge is 0.463 e. The lowest BCUT2D eigenvalue weighted by Crippen LogP contribution is -2.72. The molecule has 0 aliphatic rings. The van der Waals surface area contributed by atoms with Gasteiger partial charge in [0.2, 0.25) is 0 Å². The fourth-order valence-electron chi connectivity index (χ4n) is 2.27. The lowest BCUT2D eigenvalue weighted by molar-refractivity contribution is -0.219. The van der Waals surface area contributed by atoms with Crippen molar-refractivity contribution in [2.45, 2.75) is 25.3 Å². The molecule has 28 heavy (non-hydrogen) atoms. The van der Waals surface area contributed by atoms with Gasteiger partial charge in [0.15, 0.2) is 0 Å². The lowest BCUT2D eigenvalue weighted by atomic mass is 10.1. The molecule has 10 heteroatoms. The summed E-state index contributed by atoms with van der Waals surface area (Å²) in [6.45, 7) is 0.505. The Bertz CT molecular complexity index is 813. The van der Waals surface area contributed by atoms with E-state index in [1.54, 1.807) is 5.32 Å². The smallest absolute Gasteiger partial charge is 0.436 e. The van der Waals surface area contributed by atoms with Gasteiger partial charge in [-0.3, -0.25) is 15.1 Å². The van der Waals surface area contributed by atoms with E-state index in [1.165, 1.54) is 37.4 Å². The number of rotatable bonds is 7. The fraction of sp³-hybridized carbons (Fsp3) is 0.278. The average molecular weight is 399 g/mol. The van der Waals surface area contributed by atoms with Crippen LogP contribution in [0.1, 0.15) is 22.8 Å².